The molecule has 7 heteroatoms. The fourth-order valence-corrected chi connectivity index (χ4v) is 2.97. The smallest absolute Gasteiger partial charge is 0.244 e. The first-order valence-electron chi connectivity index (χ1n) is 5.70. The molecule has 0 atom stereocenters. The SMILES string of the molecule is Nc1ncn(CC(=O)N2CCc3sccc3C2)n1. The second kappa shape index (κ2) is 4.41. The summed E-state index contributed by atoms with van der Waals surface area (Å²) in [6.45, 7) is 1.67. The van der Waals surface area contributed by atoms with Gasteiger partial charge in [-0.1, -0.05) is 0 Å². The van der Waals surface area contributed by atoms with Crippen molar-refractivity contribution in [2.24, 2.45) is 0 Å². The third-order valence-corrected chi connectivity index (χ3v) is 4.03. The lowest BCUT2D eigenvalue weighted by atomic mass is 10.1. The highest BCUT2D eigenvalue weighted by Gasteiger charge is 2.21. The van der Waals surface area contributed by atoms with E-state index in [1.807, 2.05) is 4.90 Å². The van der Waals surface area contributed by atoms with E-state index in [0.717, 1.165) is 13.0 Å². The molecule has 6 nitrogen and oxygen atoms in total. The molecule has 0 saturated carbocycles. The monoisotopic (exact) mass is 263 g/mol. The van der Waals surface area contributed by atoms with Crippen LogP contribution in [0.15, 0.2) is 17.8 Å². The minimum absolute atomic E-state index is 0.0525. The molecule has 0 aliphatic carbocycles. The molecule has 3 heterocycles. The molecular formula is C11H13N5OS. The number of nitrogen functional groups attached to an aromatic ring is 1. The Bertz CT molecular complexity index is 576. The zero-order valence-electron chi connectivity index (χ0n) is 9.74. The first-order valence-corrected chi connectivity index (χ1v) is 6.58. The summed E-state index contributed by atoms with van der Waals surface area (Å²) in [6, 6.07) is 2.09. The highest BCUT2D eigenvalue weighted by molar-refractivity contribution is 7.10. The minimum atomic E-state index is 0.0525. The summed E-state index contributed by atoms with van der Waals surface area (Å²) in [5.41, 5.74) is 6.68. The summed E-state index contributed by atoms with van der Waals surface area (Å²) < 4.78 is 1.47. The number of rotatable bonds is 2. The molecule has 2 aromatic heterocycles. The Morgan fingerprint density at radius 3 is 3.22 bits per heavy atom. The second-order valence-corrected chi connectivity index (χ2v) is 5.24. The summed E-state index contributed by atoms with van der Waals surface area (Å²) in [5, 5.41) is 6.00. The number of thiophene rings is 1. The Morgan fingerprint density at radius 2 is 2.44 bits per heavy atom. The lowest BCUT2D eigenvalue weighted by molar-refractivity contribution is -0.132. The van der Waals surface area contributed by atoms with E-state index >= 15 is 0 Å². The maximum Gasteiger partial charge on any atom is 0.244 e. The summed E-state index contributed by atoms with van der Waals surface area (Å²) in [5.74, 6) is 0.248. The first-order chi connectivity index (χ1) is 8.72. The van der Waals surface area contributed by atoms with Crippen molar-refractivity contribution in [3.63, 3.8) is 0 Å². The van der Waals surface area contributed by atoms with Gasteiger partial charge < -0.3 is 10.6 Å². The van der Waals surface area contributed by atoms with Crippen LogP contribution in [0.25, 0.3) is 0 Å². The largest absolute Gasteiger partial charge is 0.367 e. The Balaban J connectivity index is 1.67. The Labute approximate surface area is 108 Å². The molecule has 0 bridgehead atoms. The number of carbonyl (C=O) groups excluding carboxylic acids is 1. The molecule has 0 spiro atoms. The van der Waals surface area contributed by atoms with Crippen LogP contribution in [0, 0.1) is 0 Å². The third-order valence-electron chi connectivity index (χ3n) is 3.01. The lowest BCUT2D eigenvalue weighted by Gasteiger charge is -2.26. The zero-order valence-corrected chi connectivity index (χ0v) is 10.6. The number of carbonyl (C=O) groups is 1. The Morgan fingerprint density at radius 1 is 1.56 bits per heavy atom. The molecule has 0 unspecified atom stereocenters. The van der Waals surface area contributed by atoms with Crippen LogP contribution in [0.3, 0.4) is 0 Å². The number of aromatic nitrogens is 3. The molecule has 0 saturated heterocycles. The molecule has 1 aliphatic heterocycles. The number of anilines is 1. The average molecular weight is 263 g/mol. The van der Waals surface area contributed by atoms with Crippen LogP contribution < -0.4 is 5.73 Å². The highest BCUT2D eigenvalue weighted by atomic mass is 32.1. The van der Waals surface area contributed by atoms with Crippen LogP contribution >= 0.6 is 11.3 Å². The van der Waals surface area contributed by atoms with E-state index < -0.39 is 0 Å². The van der Waals surface area contributed by atoms with Crippen molar-refractivity contribution < 1.29 is 4.79 Å². The van der Waals surface area contributed by atoms with E-state index in [1.165, 1.54) is 21.4 Å². The van der Waals surface area contributed by atoms with Crippen molar-refractivity contribution in [1.82, 2.24) is 19.7 Å². The van der Waals surface area contributed by atoms with Gasteiger partial charge in [0.2, 0.25) is 11.9 Å². The van der Waals surface area contributed by atoms with Gasteiger partial charge in [0, 0.05) is 18.0 Å². The number of hydrogen-bond acceptors (Lipinski definition) is 5. The van der Waals surface area contributed by atoms with Crippen LogP contribution in [0.1, 0.15) is 10.4 Å². The number of nitrogens with zero attached hydrogens (tertiary/aromatic N) is 4. The van der Waals surface area contributed by atoms with E-state index in [0.29, 0.717) is 6.54 Å². The van der Waals surface area contributed by atoms with Crippen molar-refractivity contribution in [3.05, 3.63) is 28.2 Å². The number of hydrogen-bond donors (Lipinski definition) is 1. The van der Waals surface area contributed by atoms with Crippen LogP contribution in [0.4, 0.5) is 5.95 Å². The van der Waals surface area contributed by atoms with E-state index in [2.05, 4.69) is 21.5 Å². The molecule has 18 heavy (non-hydrogen) atoms. The summed E-state index contributed by atoms with van der Waals surface area (Å²) in [7, 11) is 0. The fourth-order valence-electron chi connectivity index (χ4n) is 2.09. The quantitative estimate of drug-likeness (QED) is 0.856. The van der Waals surface area contributed by atoms with Crippen molar-refractivity contribution >= 4 is 23.2 Å². The predicted octanol–water partition coefficient (Wildman–Crippen LogP) is 0.507. The number of nitrogens with two attached hydrogens (primary N) is 1. The maximum atomic E-state index is 12.1. The summed E-state index contributed by atoms with van der Waals surface area (Å²) in [6.07, 6.45) is 2.42. The minimum Gasteiger partial charge on any atom is -0.367 e. The molecule has 94 valence electrons. The maximum absolute atomic E-state index is 12.1. The van der Waals surface area contributed by atoms with Crippen molar-refractivity contribution in [2.75, 3.05) is 12.3 Å². The highest BCUT2D eigenvalue weighted by Crippen LogP contribution is 2.24. The Kier molecular flexibility index (Phi) is 2.75. The molecule has 3 rings (SSSR count). The molecule has 2 aromatic rings. The third kappa shape index (κ3) is 2.08. The molecule has 0 fully saturated rings. The van der Waals surface area contributed by atoms with E-state index in [1.54, 1.807) is 11.3 Å². The van der Waals surface area contributed by atoms with Gasteiger partial charge in [-0.15, -0.1) is 16.4 Å². The van der Waals surface area contributed by atoms with Crippen molar-refractivity contribution in [3.8, 4) is 0 Å². The van der Waals surface area contributed by atoms with Gasteiger partial charge in [0.15, 0.2) is 0 Å². The van der Waals surface area contributed by atoms with Gasteiger partial charge in [0.25, 0.3) is 0 Å². The Hall–Kier alpha value is -1.89. The van der Waals surface area contributed by atoms with E-state index in [9.17, 15) is 4.79 Å². The fraction of sp³-hybridized carbons (Fsp3) is 0.364. The molecule has 1 amide bonds. The second-order valence-electron chi connectivity index (χ2n) is 4.23. The van der Waals surface area contributed by atoms with E-state index in [4.69, 9.17) is 5.73 Å². The zero-order chi connectivity index (χ0) is 12.5. The predicted molar refractivity (Wildman–Crippen MR) is 67.9 cm³/mol. The van der Waals surface area contributed by atoms with Gasteiger partial charge in [-0.2, -0.15) is 0 Å². The summed E-state index contributed by atoms with van der Waals surface area (Å²) >= 11 is 1.76. The van der Waals surface area contributed by atoms with Crippen LogP contribution in [-0.4, -0.2) is 32.1 Å². The topological polar surface area (TPSA) is 77.0 Å². The number of amides is 1. The van der Waals surface area contributed by atoms with Gasteiger partial charge in [0.05, 0.1) is 0 Å². The number of fused-ring (bicyclic) bond motifs is 1. The standard InChI is InChI=1S/C11H13N5OS/c12-11-13-7-16(14-11)6-10(17)15-3-1-9-8(5-15)2-4-18-9/h2,4,7H,1,3,5-6H2,(H2,12,14). The molecule has 0 radical (unpaired) electrons. The van der Waals surface area contributed by atoms with Gasteiger partial charge in [-0.05, 0) is 23.4 Å². The first kappa shape index (κ1) is 11.2. The van der Waals surface area contributed by atoms with Gasteiger partial charge in [0.1, 0.15) is 12.9 Å². The van der Waals surface area contributed by atoms with E-state index in [-0.39, 0.29) is 18.4 Å². The van der Waals surface area contributed by atoms with Gasteiger partial charge in [-0.25, -0.2) is 9.67 Å². The average Bonchev–Trinajstić information content (AvgIpc) is 2.96. The molecule has 2 N–H and O–H groups in total. The van der Waals surface area contributed by atoms with Crippen LogP contribution in [0.5, 0.6) is 0 Å². The molecule has 1 aliphatic rings. The van der Waals surface area contributed by atoms with Gasteiger partial charge >= 0.3 is 0 Å². The van der Waals surface area contributed by atoms with Crippen molar-refractivity contribution in [2.45, 2.75) is 19.5 Å². The lowest BCUT2D eigenvalue weighted by Crippen LogP contribution is -2.37. The van der Waals surface area contributed by atoms with Gasteiger partial charge in [-0.3, -0.25) is 4.79 Å². The molecule has 0 aromatic carbocycles. The van der Waals surface area contributed by atoms with Crippen molar-refractivity contribution in [1.29, 1.82) is 0 Å². The summed E-state index contributed by atoms with van der Waals surface area (Å²) in [4.78, 5) is 19.2. The van der Waals surface area contributed by atoms with Crippen LogP contribution in [-0.2, 0) is 24.3 Å². The normalized spacial score (nSPS) is 14.6. The molecular weight excluding hydrogens is 250 g/mol. The van der Waals surface area contributed by atoms with Crippen LogP contribution in [0.2, 0.25) is 0 Å².